The first-order chi connectivity index (χ1) is 11.1. The van der Waals surface area contributed by atoms with Crippen molar-refractivity contribution in [3.8, 4) is 0 Å². The molecule has 1 aliphatic rings. The van der Waals surface area contributed by atoms with Crippen LogP contribution in [0.1, 0.15) is 45.5 Å². The van der Waals surface area contributed by atoms with Crippen LogP contribution in [0.5, 0.6) is 0 Å². The second-order valence-electron chi connectivity index (χ2n) is 6.28. The number of ketones is 1. The van der Waals surface area contributed by atoms with Crippen LogP contribution in [0.2, 0.25) is 0 Å². The zero-order valence-electron chi connectivity index (χ0n) is 13.2. The Kier molecular flexibility index (Phi) is 3.13. The molecule has 0 saturated heterocycles. The fraction of sp³-hybridized carbons (Fsp3) is 0.333. The number of aliphatic hydroxyl groups excluding tert-OH is 1. The van der Waals surface area contributed by atoms with Gasteiger partial charge in [-0.2, -0.15) is 0 Å². The van der Waals surface area contributed by atoms with Crippen molar-refractivity contribution in [2.75, 3.05) is 0 Å². The van der Waals surface area contributed by atoms with Crippen molar-refractivity contribution >= 4 is 11.3 Å². The third kappa shape index (κ3) is 1.96. The maximum absolute atomic E-state index is 13.1. The summed E-state index contributed by atoms with van der Waals surface area (Å²) in [6.07, 6.45) is 4.07. The van der Waals surface area contributed by atoms with Gasteiger partial charge in [-0.15, -0.1) is 0 Å². The molecule has 0 spiro atoms. The summed E-state index contributed by atoms with van der Waals surface area (Å²) in [4.78, 5) is 20.2. The molecule has 0 bridgehead atoms. The Morgan fingerprint density at radius 1 is 1.39 bits per heavy atom. The average molecular weight is 309 g/mol. The van der Waals surface area contributed by atoms with Gasteiger partial charge in [-0.3, -0.25) is 4.79 Å². The van der Waals surface area contributed by atoms with Gasteiger partial charge < -0.3 is 14.5 Å². The van der Waals surface area contributed by atoms with Gasteiger partial charge in [0.2, 0.25) is 0 Å². The Labute approximate surface area is 134 Å². The zero-order valence-corrected chi connectivity index (χ0v) is 13.2. The predicted octanol–water partition coefficient (Wildman–Crippen LogP) is 2.76. The molecule has 3 heterocycles. The lowest BCUT2D eigenvalue weighted by atomic mass is 9.81. The Morgan fingerprint density at radius 2 is 2.22 bits per heavy atom. The number of pyridine rings is 1. The molecule has 5 heteroatoms. The molecule has 118 valence electrons. The van der Waals surface area contributed by atoms with E-state index in [0.29, 0.717) is 12.1 Å². The molecule has 3 aromatic rings. The normalized spacial score (nSPS) is 19.1. The second-order valence-corrected chi connectivity index (χ2v) is 6.28. The molecule has 0 saturated carbocycles. The first-order valence-electron chi connectivity index (χ1n) is 7.90. The van der Waals surface area contributed by atoms with E-state index in [9.17, 15) is 9.90 Å². The molecular formula is C18H19N3O2. The number of Topliss-reactive ketones (excluding diaryl/α,β-unsaturated/α-hetero) is 1. The van der Waals surface area contributed by atoms with E-state index in [2.05, 4.69) is 16.9 Å². The highest BCUT2D eigenvalue weighted by Gasteiger charge is 2.37. The van der Waals surface area contributed by atoms with Gasteiger partial charge in [-0.25, -0.2) is 4.98 Å². The molecule has 0 aliphatic heterocycles. The average Bonchev–Trinajstić information content (AvgIpc) is 3.10. The van der Waals surface area contributed by atoms with Gasteiger partial charge in [0, 0.05) is 17.4 Å². The highest BCUT2D eigenvalue weighted by Crippen LogP contribution is 2.37. The third-order valence-corrected chi connectivity index (χ3v) is 5.03. The topological polar surface area (TPSA) is 70.4 Å². The lowest BCUT2D eigenvalue weighted by Crippen LogP contribution is -2.29. The van der Waals surface area contributed by atoms with Gasteiger partial charge in [0.05, 0.1) is 23.6 Å². The van der Waals surface area contributed by atoms with Crippen LogP contribution in [0, 0.1) is 19.8 Å². The number of H-pyrrole nitrogens is 1. The maximum Gasteiger partial charge on any atom is 0.185 e. The Balaban J connectivity index is 1.81. The van der Waals surface area contributed by atoms with Gasteiger partial charge in [-0.1, -0.05) is 6.07 Å². The summed E-state index contributed by atoms with van der Waals surface area (Å²) in [7, 11) is 0. The van der Waals surface area contributed by atoms with Crippen molar-refractivity contribution in [2.24, 2.45) is 5.92 Å². The lowest BCUT2D eigenvalue weighted by Gasteiger charge is -2.25. The molecular weight excluding hydrogens is 290 g/mol. The van der Waals surface area contributed by atoms with E-state index in [4.69, 9.17) is 0 Å². The van der Waals surface area contributed by atoms with Gasteiger partial charge >= 0.3 is 0 Å². The minimum absolute atomic E-state index is 0.00968. The fourth-order valence-electron chi connectivity index (χ4n) is 3.76. The first kappa shape index (κ1) is 14.2. The molecule has 2 N–H and O–H groups in total. The Morgan fingerprint density at radius 3 is 2.96 bits per heavy atom. The maximum atomic E-state index is 13.1. The number of fused-ring (bicyclic) bond motifs is 3. The van der Waals surface area contributed by atoms with Crippen LogP contribution >= 0.6 is 0 Å². The molecule has 5 nitrogen and oxygen atoms in total. The second kappa shape index (κ2) is 5.06. The molecule has 2 atom stereocenters. The molecule has 0 aromatic carbocycles. The molecule has 2 unspecified atom stereocenters. The number of carbonyl (C=O) groups excluding carboxylic acids is 1. The summed E-state index contributed by atoms with van der Waals surface area (Å²) >= 11 is 0. The molecule has 3 aromatic heterocycles. The molecule has 23 heavy (non-hydrogen) atoms. The van der Waals surface area contributed by atoms with Crippen LogP contribution in [0.25, 0.3) is 5.52 Å². The molecule has 1 aliphatic carbocycles. The quantitative estimate of drug-likeness (QED) is 0.764. The molecule has 0 radical (unpaired) electrons. The van der Waals surface area contributed by atoms with E-state index in [0.717, 1.165) is 34.5 Å². The summed E-state index contributed by atoms with van der Waals surface area (Å²) < 4.78 is 1.96. The monoisotopic (exact) mass is 309 g/mol. The fourth-order valence-corrected chi connectivity index (χ4v) is 3.76. The van der Waals surface area contributed by atoms with Crippen molar-refractivity contribution in [3.63, 3.8) is 0 Å². The zero-order chi connectivity index (χ0) is 16.1. The largest absolute Gasteiger partial charge is 0.386 e. The van der Waals surface area contributed by atoms with Crippen LogP contribution in [-0.2, 0) is 6.42 Å². The van der Waals surface area contributed by atoms with Gasteiger partial charge in [-0.05, 0) is 49.9 Å². The van der Waals surface area contributed by atoms with Crippen LogP contribution in [0.3, 0.4) is 0 Å². The summed E-state index contributed by atoms with van der Waals surface area (Å²) in [5, 5.41) is 10.7. The van der Waals surface area contributed by atoms with Gasteiger partial charge in [0.15, 0.2) is 5.78 Å². The number of aliphatic hydroxyl groups is 1. The first-order valence-corrected chi connectivity index (χ1v) is 7.90. The number of nitrogens with zero attached hydrogens (tertiary/aromatic N) is 2. The van der Waals surface area contributed by atoms with Crippen molar-refractivity contribution in [2.45, 2.75) is 32.8 Å². The van der Waals surface area contributed by atoms with E-state index < -0.39 is 12.0 Å². The predicted molar refractivity (Wildman–Crippen MR) is 86.6 cm³/mol. The van der Waals surface area contributed by atoms with E-state index in [-0.39, 0.29) is 5.78 Å². The SMILES string of the molecule is Cc1[nH]cnc1C(O)C1CCc2c(C)c3ccccn3c2C1=O. The van der Waals surface area contributed by atoms with Crippen LogP contribution in [-0.4, -0.2) is 25.3 Å². The number of hydrogen-bond acceptors (Lipinski definition) is 3. The molecule has 4 rings (SSSR count). The van der Waals surface area contributed by atoms with E-state index in [1.165, 1.54) is 0 Å². The summed E-state index contributed by atoms with van der Waals surface area (Å²) in [5.74, 6) is -0.433. The van der Waals surface area contributed by atoms with Crippen molar-refractivity contribution < 1.29 is 9.90 Å². The molecule has 0 fully saturated rings. The highest BCUT2D eigenvalue weighted by atomic mass is 16.3. The minimum atomic E-state index is -0.864. The van der Waals surface area contributed by atoms with Crippen molar-refractivity contribution in [3.05, 3.63) is 58.9 Å². The lowest BCUT2D eigenvalue weighted by molar-refractivity contribution is 0.0617. The Hall–Kier alpha value is -2.40. The summed E-state index contributed by atoms with van der Waals surface area (Å²) in [6.45, 7) is 3.93. The number of rotatable bonds is 2. The van der Waals surface area contributed by atoms with Crippen LogP contribution in [0.4, 0.5) is 0 Å². The van der Waals surface area contributed by atoms with E-state index in [1.54, 1.807) is 6.33 Å². The number of nitrogens with one attached hydrogen (secondary N) is 1. The minimum Gasteiger partial charge on any atom is -0.386 e. The number of carbonyl (C=O) groups is 1. The van der Waals surface area contributed by atoms with Crippen molar-refractivity contribution in [1.29, 1.82) is 0 Å². The van der Waals surface area contributed by atoms with Gasteiger partial charge in [0.25, 0.3) is 0 Å². The van der Waals surface area contributed by atoms with Gasteiger partial charge in [0.1, 0.15) is 6.10 Å². The van der Waals surface area contributed by atoms with E-state index in [1.807, 2.05) is 35.7 Å². The standard InChI is InChI=1S/C18H19N3O2/c1-10-12-6-7-13(17(22)15-11(2)19-9-20-15)18(23)16(12)21-8-4-3-5-14(10)21/h3-5,8-9,13,17,22H,6-7H2,1-2H3,(H,19,20). The molecule has 0 amide bonds. The van der Waals surface area contributed by atoms with E-state index >= 15 is 0 Å². The number of imidazole rings is 1. The summed E-state index contributed by atoms with van der Waals surface area (Å²) in [6, 6.07) is 5.94. The number of aryl methyl sites for hydroxylation is 2. The van der Waals surface area contributed by atoms with Crippen LogP contribution in [0.15, 0.2) is 30.7 Å². The number of aromatic nitrogens is 3. The Bertz CT molecular complexity index is 906. The number of aromatic amines is 1. The highest BCUT2D eigenvalue weighted by molar-refractivity contribution is 6.01. The number of hydrogen-bond donors (Lipinski definition) is 2. The van der Waals surface area contributed by atoms with Crippen molar-refractivity contribution in [1.82, 2.24) is 14.4 Å². The smallest absolute Gasteiger partial charge is 0.185 e. The summed E-state index contributed by atoms with van der Waals surface area (Å²) in [5.41, 5.74) is 5.46. The van der Waals surface area contributed by atoms with Crippen LogP contribution < -0.4 is 0 Å². The third-order valence-electron chi connectivity index (χ3n) is 5.03.